The minimum atomic E-state index is -4.96. The lowest BCUT2D eigenvalue weighted by atomic mass is 9.95. The van der Waals surface area contributed by atoms with Gasteiger partial charge in [0.25, 0.3) is 0 Å². The molecule has 1 fully saturated rings. The topological polar surface area (TPSA) is 85.7 Å². The largest absolute Gasteiger partial charge is 0.573 e. The molecule has 242 valence electrons. The minimum Gasteiger partial charge on any atom is -0.497 e. The molecular formula is C31H32F6N4O4. The van der Waals surface area contributed by atoms with Crippen LogP contribution in [-0.4, -0.2) is 41.1 Å². The molecular weight excluding hydrogens is 606 g/mol. The lowest BCUT2D eigenvalue weighted by molar-refractivity contribution is -0.274. The third-order valence-electron chi connectivity index (χ3n) is 8.07. The van der Waals surface area contributed by atoms with Gasteiger partial charge in [-0.15, -0.1) is 13.2 Å². The van der Waals surface area contributed by atoms with Crippen molar-refractivity contribution in [2.75, 3.05) is 12.0 Å². The molecule has 1 N–H and O–H groups in total. The highest BCUT2D eigenvalue weighted by atomic mass is 19.4. The lowest BCUT2D eigenvalue weighted by Crippen LogP contribution is -2.47. The highest BCUT2D eigenvalue weighted by Gasteiger charge is 2.41. The Hall–Kier alpha value is -4.23. The summed E-state index contributed by atoms with van der Waals surface area (Å²) in [5, 5.41) is 6.78. The number of fused-ring (bicyclic) bond motifs is 1. The van der Waals surface area contributed by atoms with Crippen LogP contribution in [0.25, 0.3) is 0 Å². The summed E-state index contributed by atoms with van der Waals surface area (Å²) < 4.78 is 90.5. The summed E-state index contributed by atoms with van der Waals surface area (Å²) in [5.74, 6) is -1.41. The molecule has 5 rings (SSSR count). The molecule has 1 atom stereocenters. The third kappa shape index (κ3) is 7.54. The van der Waals surface area contributed by atoms with E-state index in [-0.39, 0.29) is 23.7 Å². The molecule has 0 aliphatic heterocycles. The van der Waals surface area contributed by atoms with E-state index in [1.807, 2.05) is 0 Å². The number of anilines is 1. The van der Waals surface area contributed by atoms with Gasteiger partial charge < -0.3 is 14.8 Å². The van der Waals surface area contributed by atoms with Crippen molar-refractivity contribution in [3.63, 3.8) is 0 Å². The number of rotatable bonds is 9. The molecule has 2 amide bonds. The number of aromatic nitrogens is 2. The molecule has 0 spiro atoms. The van der Waals surface area contributed by atoms with Crippen molar-refractivity contribution in [3.05, 3.63) is 71.0 Å². The van der Waals surface area contributed by atoms with Crippen LogP contribution in [0, 0.1) is 0 Å². The molecule has 2 aliphatic rings. The van der Waals surface area contributed by atoms with Gasteiger partial charge in [0, 0.05) is 23.0 Å². The third-order valence-corrected chi connectivity index (χ3v) is 8.07. The number of methoxy groups -OCH3 is 1. The van der Waals surface area contributed by atoms with Gasteiger partial charge in [0.1, 0.15) is 24.1 Å². The van der Waals surface area contributed by atoms with E-state index in [0.29, 0.717) is 36.3 Å². The van der Waals surface area contributed by atoms with E-state index in [9.17, 15) is 35.9 Å². The van der Waals surface area contributed by atoms with Gasteiger partial charge in [-0.05, 0) is 80.5 Å². The summed E-state index contributed by atoms with van der Waals surface area (Å²) >= 11 is 0. The minimum absolute atomic E-state index is 0.0361. The second kappa shape index (κ2) is 13.0. The molecule has 8 nitrogen and oxygen atoms in total. The number of ether oxygens (including phenoxy) is 2. The summed E-state index contributed by atoms with van der Waals surface area (Å²) in [6.07, 6.45) is -4.77. The second-order valence-corrected chi connectivity index (χ2v) is 11.1. The highest BCUT2D eigenvalue weighted by Crippen LogP contribution is 2.37. The average molecular weight is 639 g/mol. The van der Waals surface area contributed by atoms with Gasteiger partial charge in [0.2, 0.25) is 11.8 Å². The van der Waals surface area contributed by atoms with Crippen molar-refractivity contribution in [2.45, 2.75) is 82.5 Å². The molecule has 45 heavy (non-hydrogen) atoms. The zero-order chi connectivity index (χ0) is 32.4. The van der Waals surface area contributed by atoms with E-state index in [1.54, 1.807) is 24.3 Å². The van der Waals surface area contributed by atoms with Crippen LogP contribution in [0.2, 0.25) is 0 Å². The van der Waals surface area contributed by atoms with E-state index >= 15 is 0 Å². The molecule has 3 aromatic rings. The number of alkyl halides is 6. The fourth-order valence-electron chi connectivity index (χ4n) is 6.03. The molecule has 0 radical (unpaired) electrons. The number of hydrogen-bond donors (Lipinski definition) is 1. The first kappa shape index (κ1) is 32.2. The molecule has 0 saturated heterocycles. The molecule has 2 aromatic carbocycles. The van der Waals surface area contributed by atoms with Crippen LogP contribution in [0.3, 0.4) is 0 Å². The predicted molar refractivity (Wildman–Crippen MR) is 151 cm³/mol. The maximum absolute atomic E-state index is 14.2. The van der Waals surface area contributed by atoms with Crippen LogP contribution in [0.15, 0.2) is 48.5 Å². The van der Waals surface area contributed by atoms with Crippen LogP contribution in [0.1, 0.15) is 67.1 Å². The number of nitrogens with one attached hydrogen (secondary N) is 1. The Kier molecular flexibility index (Phi) is 9.31. The molecule has 1 heterocycles. The van der Waals surface area contributed by atoms with E-state index in [0.717, 1.165) is 47.4 Å². The van der Waals surface area contributed by atoms with Gasteiger partial charge in [-0.1, -0.05) is 25.0 Å². The second-order valence-electron chi connectivity index (χ2n) is 11.1. The van der Waals surface area contributed by atoms with Gasteiger partial charge in [-0.2, -0.15) is 18.3 Å². The number of benzene rings is 2. The van der Waals surface area contributed by atoms with Gasteiger partial charge >= 0.3 is 12.5 Å². The van der Waals surface area contributed by atoms with Gasteiger partial charge in [-0.25, -0.2) is 0 Å². The number of halogens is 6. The summed E-state index contributed by atoms with van der Waals surface area (Å²) in [5.41, 5.74) is -0.307. The van der Waals surface area contributed by atoms with Crippen LogP contribution in [0.4, 0.5) is 32.0 Å². The fourth-order valence-corrected chi connectivity index (χ4v) is 6.03. The zero-order valence-corrected chi connectivity index (χ0v) is 24.4. The van der Waals surface area contributed by atoms with Crippen molar-refractivity contribution in [1.82, 2.24) is 15.1 Å². The van der Waals surface area contributed by atoms with Crippen molar-refractivity contribution in [2.24, 2.45) is 0 Å². The van der Waals surface area contributed by atoms with E-state index < -0.39 is 48.4 Å². The van der Waals surface area contributed by atoms with E-state index in [1.165, 1.54) is 19.2 Å². The summed E-state index contributed by atoms with van der Waals surface area (Å²) in [6, 6.07) is 9.25. The molecule has 14 heteroatoms. The van der Waals surface area contributed by atoms with Crippen LogP contribution in [0.5, 0.6) is 11.5 Å². The Balaban J connectivity index is 1.58. The Morgan fingerprint density at radius 1 is 0.933 bits per heavy atom. The monoisotopic (exact) mass is 638 g/mol. The first-order valence-electron chi connectivity index (χ1n) is 14.6. The predicted octanol–water partition coefficient (Wildman–Crippen LogP) is 6.52. The van der Waals surface area contributed by atoms with Crippen molar-refractivity contribution in [1.29, 1.82) is 0 Å². The summed E-state index contributed by atoms with van der Waals surface area (Å²) in [4.78, 5) is 29.3. The zero-order valence-electron chi connectivity index (χ0n) is 24.4. The summed E-state index contributed by atoms with van der Waals surface area (Å²) in [7, 11) is 1.46. The normalized spacial score (nSPS) is 16.2. The standard InChI is InChI=1S/C31H32F6N4O4/c1-44-22-14-10-19(11-15-22)27(29(43)38-20-6-2-3-7-20)41(21-12-16-23(17-13-21)45-31(35,36)37)26(42)18-40-25-9-5-4-8-24(25)28(39-40)30(32,33)34/h10-17,20,27H,2-9,18H2,1H3,(H,38,43)/t27-/m1/s1. The molecule has 1 saturated carbocycles. The number of hydrogen-bond acceptors (Lipinski definition) is 5. The van der Waals surface area contributed by atoms with Crippen molar-refractivity contribution < 1.29 is 45.4 Å². The Labute approximate surface area is 255 Å². The van der Waals surface area contributed by atoms with Crippen molar-refractivity contribution >= 4 is 17.5 Å². The van der Waals surface area contributed by atoms with Gasteiger partial charge in [-0.3, -0.25) is 19.2 Å². The number of nitrogens with zero attached hydrogens (tertiary/aromatic N) is 3. The van der Waals surface area contributed by atoms with Gasteiger partial charge in [0.05, 0.1) is 7.11 Å². The highest BCUT2D eigenvalue weighted by molar-refractivity contribution is 6.01. The number of carbonyl (C=O) groups is 2. The van der Waals surface area contributed by atoms with Crippen molar-refractivity contribution in [3.8, 4) is 11.5 Å². The Morgan fingerprint density at radius 2 is 1.56 bits per heavy atom. The average Bonchev–Trinajstić information content (AvgIpc) is 3.64. The van der Waals surface area contributed by atoms with Crippen LogP contribution >= 0.6 is 0 Å². The molecule has 1 aromatic heterocycles. The van der Waals surface area contributed by atoms with E-state index in [2.05, 4.69) is 15.2 Å². The fraction of sp³-hybridized carbons (Fsp3) is 0.452. The molecule has 0 bridgehead atoms. The quantitative estimate of drug-likeness (QED) is 0.270. The lowest BCUT2D eigenvalue weighted by Gasteiger charge is -2.33. The molecule has 2 aliphatic carbocycles. The van der Waals surface area contributed by atoms with Crippen LogP contribution < -0.4 is 19.7 Å². The Bertz CT molecular complexity index is 1500. The first-order chi connectivity index (χ1) is 21.3. The van der Waals surface area contributed by atoms with E-state index in [4.69, 9.17) is 4.74 Å². The maximum Gasteiger partial charge on any atom is 0.573 e. The van der Waals surface area contributed by atoms with Crippen LogP contribution in [-0.2, 0) is 35.2 Å². The Morgan fingerprint density at radius 3 is 2.16 bits per heavy atom. The number of amides is 2. The van der Waals surface area contributed by atoms with Gasteiger partial charge in [0.15, 0.2) is 5.69 Å². The maximum atomic E-state index is 14.2. The molecule has 0 unspecified atom stereocenters. The first-order valence-corrected chi connectivity index (χ1v) is 14.6. The summed E-state index contributed by atoms with van der Waals surface area (Å²) in [6.45, 7) is -0.636. The smallest absolute Gasteiger partial charge is 0.497 e. The number of carbonyl (C=O) groups excluding carboxylic acids is 2. The SMILES string of the molecule is COc1ccc([C@H](C(=O)NC2CCCC2)N(C(=O)Cn2nc(C(F)(F)F)c3c2CCCC3)c2ccc(OC(F)(F)F)cc2)cc1.